The van der Waals surface area contributed by atoms with Crippen LogP contribution in [0.25, 0.3) is 5.69 Å². The van der Waals surface area contributed by atoms with Gasteiger partial charge in [-0.2, -0.15) is 5.10 Å². The lowest BCUT2D eigenvalue weighted by Crippen LogP contribution is -2.06. The smallest absolute Gasteiger partial charge is 0.196 e. The number of thioether (sulfide) groups is 1. The molecule has 0 N–H and O–H groups in total. The molecule has 2 aromatic carbocycles. The molecule has 0 aliphatic heterocycles. The number of nitrogens with zero attached hydrogens (tertiary/aromatic N) is 5. The fourth-order valence-corrected chi connectivity index (χ4v) is 3.80. The maximum atomic E-state index is 6.19. The van der Waals surface area contributed by atoms with Crippen LogP contribution in [0.1, 0.15) is 11.4 Å². The summed E-state index contributed by atoms with van der Waals surface area (Å²) >= 11 is 7.80. The van der Waals surface area contributed by atoms with Crippen LogP contribution in [0.5, 0.6) is 5.75 Å². The van der Waals surface area contributed by atoms with Crippen LogP contribution in [0, 0.1) is 0 Å². The number of para-hydroxylation sites is 2. The van der Waals surface area contributed by atoms with Crippen molar-refractivity contribution in [3.05, 3.63) is 83.4 Å². The van der Waals surface area contributed by atoms with Crippen molar-refractivity contribution >= 4 is 23.4 Å². The molecule has 0 fully saturated rings. The molecule has 0 aliphatic rings. The lowest BCUT2D eigenvalue weighted by atomic mass is 10.3. The Balaban J connectivity index is 1.59. The molecule has 0 saturated heterocycles. The second-order valence-corrected chi connectivity index (χ2v) is 7.45. The minimum absolute atomic E-state index is 0.263. The third-order valence-electron chi connectivity index (χ3n) is 4.03. The van der Waals surface area contributed by atoms with E-state index in [1.54, 1.807) is 22.5 Å². The maximum absolute atomic E-state index is 6.19. The van der Waals surface area contributed by atoms with Crippen molar-refractivity contribution in [2.24, 2.45) is 7.05 Å². The molecule has 0 amide bonds. The number of ether oxygens (including phenoxy) is 1. The Labute approximate surface area is 172 Å². The highest BCUT2D eigenvalue weighted by atomic mass is 35.5. The number of hydrogen-bond acceptors (Lipinski definition) is 5. The van der Waals surface area contributed by atoms with E-state index >= 15 is 0 Å². The summed E-state index contributed by atoms with van der Waals surface area (Å²) in [5.41, 5.74) is 2.11. The van der Waals surface area contributed by atoms with Crippen molar-refractivity contribution in [3.63, 3.8) is 0 Å². The highest BCUT2D eigenvalue weighted by molar-refractivity contribution is 7.98. The zero-order chi connectivity index (χ0) is 19.3. The van der Waals surface area contributed by atoms with E-state index in [-0.39, 0.29) is 6.61 Å². The average Bonchev–Trinajstić information content (AvgIpc) is 3.32. The standard InChI is InChI=1S/C20H18ClN5OS/c1-25-12-15(11-22-25)14-28-20-24-23-19(26(20)16-7-3-2-4-8-16)13-27-18-10-6-5-9-17(18)21/h2-12H,13-14H2,1H3. The van der Waals surface area contributed by atoms with E-state index in [2.05, 4.69) is 15.3 Å². The van der Waals surface area contributed by atoms with Gasteiger partial charge in [-0.1, -0.05) is 53.7 Å². The van der Waals surface area contributed by atoms with Gasteiger partial charge >= 0.3 is 0 Å². The molecule has 142 valence electrons. The Morgan fingerprint density at radius 3 is 2.57 bits per heavy atom. The van der Waals surface area contributed by atoms with Crippen LogP contribution in [-0.2, 0) is 19.4 Å². The second kappa shape index (κ2) is 8.50. The summed E-state index contributed by atoms with van der Waals surface area (Å²) in [6.45, 7) is 0.263. The summed E-state index contributed by atoms with van der Waals surface area (Å²) in [6.07, 6.45) is 3.86. The van der Waals surface area contributed by atoms with Crippen molar-refractivity contribution in [3.8, 4) is 11.4 Å². The number of halogens is 1. The quantitative estimate of drug-likeness (QED) is 0.418. The third kappa shape index (κ3) is 4.21. The van der Waals surface area contributed by atoms with E-state index in [0.717, 1.165) is 22.2 Å². The predicted molar refractivity (Wildman–Crippen MR) is 110 cm³/mol. The van der Waals surface area contributed by atoms with Gasteiger partial charge in [0.2, 0.25) is 0 Å². The molecule has 2 aromatic heterocycles. The number of aryl methyl sites for hydroxylation is 1. The lowest BCUT2D eigenvalue weighted by molar-refractivity contribution is 0.293. The van der Waals surface area contributed by atoms with Crippen molar-refractivity contribution in [2.45, 2.75) is 17.5 Å². The van der Waals surface area contributed by atoms with Crippen LogP contribution in [0.15, 0.2) is 72.1 Å². The second-order valence-electron chi connectivity index (χ2n) is 6.10. The summed E-state index contributed by atoms with van der Waals surface area (Å²) < 4.78 is 9.69. The molecule has 6 nitrogen and oxygen atoms in total. The fraction of sp³-hybridized carbons (Fsp3) is 0.150. The third-order valence-corrected chi connectivity index (χ3v) is 5.35. The molecule has 0 unspecified atom stereocenters. The first-order chi connectivity index (χ1) is 13.7. The molecule has 0 spiro atoms. The van der Waals surface area contributed by atoms with Crippen molar-refractivity contribution in [2.75, 3.05) is 0 Å². The van der Waals surface area contributed by atoms with Gasteiger partial charge in [0.25, 0.3) is 0 Å². The summed E-state index contributed by atoms with van der Waals surface area (Å²) in [5.74, 6) is 2.08. The molecule has 0 saturated carbocycles. The summed E-state index contributed by atoms with van der Waals surface area (Å²) in [4.78, 5) is 0. The van der Waals surface area contributed by atoms with E-state index < -0.39 is 0 Å². The molecule has 4 rings (SSSR count). The van der Waals surface area contributed by atoms with Crippen molar-refractivity contribution in [1.29, 1.82) is 0 Å². The molecule has 28 heavy (non-hydrogen) atoms. The zero-order valence-corrected chi connectivity index (χ0v) is 16.8. The van der Waals surface area contributed by atoms with E-state index in [1.807, 2.05) is 72.5 Å². The molecular weight excluding hydrogens is 394 g/mol. The minimum atomic E-state index is 0.263. The van der Waals surface area contributed by atoms with E-state index in [9.17, 15) is 0 Å². The van der Waals surface area contributed by atoms with Gasteiger partial charge in [0.15, 0.2) is 11.0 Å². The predicted octanol–water partition coefficient (Wildman–Crippen LogP) is 4.53. The van der Waals surface area contributed by atoms with Gasteiger partial charge in [-0.15, -0.1) is 10.2 Å². The molecule has 0 radical (unpaired) electrons. The van der Waals surface area contributed by atoms with Crippen LogP contribution < -0.4 is 4.74 Å². The number of aromatic nitrogens is 5. The highest BCUT2D eigenvalue weighted by Crippen LogP contribution is 2.27. The summed E-state index contributed by atoms with van der Waals surface area (Å²) in [5, 5.41) is 14.3. The first-order valence-corrected chi connectivity index (χ1v) is 10.0. The monoisotopic (exact) mass is 411 g/mol. The Morgan fingerprint density at radius 1 is 1.04 bits per heavy atom. The maximum Gasteiger partial charge on any atom is 0.196 e. The minimum Gasteiger partial charge on any atom is -0.484 e. The Morgan fingerprint density at radius 2 is 1.82 bits per heavy atom. The molecule has 0 bridgehead atoms. The van der Waals surface area contributed by atoms with Gasteiger partial charge in [-0.05, 0) is 24.3 Å². The van der Waals surface area contributed by atoms with E-state index in [1.165, 1.54) is 0 Å². The fourth-order valence-electron chi connectivity index (χ4n) is 2.72. The van der Waals surface area contributed by atoms with Crippen LogP contribution in [0.3, 0.4) is 0 Å². The SMILES string of the molecule is Cn1cc(CSc2nnc(COc3ccccc3Cl)n2-c2ccccc2)cn1. The van der Waals surface area contributed by atoms with Gasteiger partial charge in [0.05, 0.1) is 11.2 Å². The van der Waals surface area contributed by atoms with Crippen LogP contribution >= 0.6 is 23.4 Å². The van der Waals surface area contributed by atoms with Gasteiger partial charge in [-0.3, -0.25) is 9.25 Å². The highest BCUT2D eigenvalue weighted by Gasteiger charge is 2.16. The van der Waals surface area contributed by atoms with Crippen LogP contribution in [-0.4, -0.2) is 24.5 Å². The van der Waals surface area contributed by atoms with Gasteiger partial charge < -0.3 is 4.74 Å². The zero-order valence-electron chi connectivity index (χ0n) is 15.2. The molecule has 0 aliphatic carbocycles. The normalized spacial score (nSPS) is 10.9. The number of hydrogen-bond donors (Lipinski definition) is 0. The van der Waals surface area contributed by atoms with E-state index in [0.29, 0.717) is 16.6 Å². The summed E-state index contributed by atoms with van der Waals surface area (Å²) in [7, 11) is 1.91. The molecule has 4 aromatic rings. The van der Waals surface area contributed by atoms with Crippen LogP contribution in [0.2, 0.25) is 5.02 Å². The number of benzene rings is 2. The Bertz CT molecular complexity index is 1060. The largest absolute Gasteiger partial charge is 0.484 e. The summed E-state index contributed by atoms with van der Waals surface area (Å²) in [6, 6.07) is 17.4. The first-order valence-electron chi connectivity index (χ1n) is 8.68. The van der Waals surface area contributed by atoms with Crippen molar-refractivity contribution in [1.82, 2.24) is 24.5 Å². The Hall–Kier alpha value is -2.77. The molecule has 0 atom stereocenters. The average molecular weight is 412 g/mol. The van der Waals surface area contributed by atoms with Gasteiger partial charge in [-0.25, -0.2) is 0 Å². The van der Waals surface area contributed by atoms with Gasteiger partial charge in [0.1, 0.15) is 12.4 Å². The van der Waals surface area contributed by atoms with Crippen molar-refractivity contribution < 1.29 is 4.74 Å². The number of rotatable bonds is 7. The van der Waals surface area contributed by atoms with Gasteiger partial charge in [0, 0.05) is 30.2 Å². The lowest BCUT2D eigenvalue weighted by Gasteiger charge is -2.11. The molecule has 2 heterocycles. The van der Waals surface area contributed by atoms with Crippen LogP contribution in [0.4, 0.5) is 0 Å². The molecular formula is C20H18ClN5OS. The Kier molecular flexibility index (Phi) is 5.64. The molecule has 8 heteroatoms. The topological polar surface area (TPSA) is 57.8 Å². The first kappa shape index (κ1) is 18.6. The van der Waals surface area contributed by atoms with E-state index in [4.69, 9.17) is 16.3 Å².